The molecule has 6 rings (SSSR count). The number of pyridine rings is 1. The summed E-state index contributed by atoms with van der Waals surface area (Å²) in [5.74, 6) is -1.92. The average molecular weight is 523 g/mol. The highest BCUT2D eigenvalue weighted by molar-refractivity contribution is 6.32. The van der Waals surface area contributed by atoms with Crippen molar-refractivity contribution in [3.8, 4) is 23.3 Å². The van der Waals surface area contributed by atoms with Gasteiger partial charge in [-0.15, -0.1) is 0 Å². The molecule has 4 atom stereocenters. The number of hydrogen-bond donors (Lipinski definition) is 3. The molecular weight excluding hydrogens is 506 g/mol. The largest absolute Gasteiger partial charge is 0.471 e. The number of nitrogens with zero attached hydrogens (tertiary/aromatic N) is 4. The number of imidazole rings is 1. The molecule has 4 N–H and O–H groups in total. The van der Waals surface area contributed by atoms with Crippen molar-refractivity contribution in [2.24, 2.45) is 0 Å². The Bertz CT molecular complexity index is 1430. The standard InChI is InChI=1S/C21H17ClF2N6O6/c22-9-3-12-18(29-21(26-12)35-14-6-33-15-13(31)5-32-16(14)15)27-19(9)34-4-8-10(23)1-7(2-11(8)24)17-28-20(25)36-30-17/h1-3,13-16,31H,4-6H2,(H2,25,28,30)(H,26,27,29)/t13-,14-,15-,16?/m1/s1. The zero-order valence-electron chi connectivity index (χ0n) is 18.2. The number of fused-ring (bicyclic) bond motifs is 2. The van der Waals surface area contributed by atoms with Crippen LogP contribution in [0.3, 0.4) is 0 Å². The normalized spacial score (nSPS) is 23.3. The van der Waals surface area contributed by atoms with Gasteiger partial charge in [0.15, 0.2) is 11.8 Å². The Labute approximate surface area is 205 Å². The Balaban J connectivity index is 1.18. The van der Waals surface area contributed by atoms with Crippen molar-refractivity contribution in [3.63, 3.8) is 0 Å². The Morgan fingerprint density at radius 1 is 1.11 bits per heavy atom. The van der Waals surface area contributed by atoms with Crippen molar-refractivity contribution >= 4 is 28.8 Å². The Kier molecular flexibility index (Phi) is 5.59. The number of nitrogens with two attached hydrogens (primary N) is 1. The minimum atomic E-state index is -0.891. The molecule has 2 saturated heterocycles. The summed E-state index contributed by atoms with van der Waals surface area (Å²) in [5, 5.41) is 13.5. The van der Waals surface area contributed by atoms with Crippen molar-refractivity contribution in [2.75, 3.05) is 18.9 Å². The van der Waals surface area contributed by atoms with Crippen LogP contribution in [0.25, 0.3) is 22.6 Å². The third kappa shape index (κ3) is 4.07. The lowest BCUT2D eigenvalue weighted by Gasteiger charge is -2.15. The van der Waals surface area contributed by atoms with E-state index in [9.17, 15) is 13.9 Å². The zero-order valence-corrected chi connectivity index (χ0v) is 18.9. The molecule has 12 nitrogen and oxygen atoms in total. The minimum absolute atomic E-state index is 0.0484. The van der Waals surface area contributed by atoms with Crippen LogP contribution in [0.15, 0.2) is 22.7 Å². The van der Waals surface area contributed by atoms with E-state index in [-0.39, 0.29) is 58.7 Å². The van der Waals surface area contributed by atoms with Crippen LogP contribution in [0.4, 0.5) is 14.8 Å². The van der Waals surface area contributed by atoms with Crippen molar-refractivity contribution < 1.29 is 37.4 Å². The lowest BCUT2D eigenvalue weighted by Crippen LogP contribution is -2.34. The fraction of sp³-hybridized carbons (Fsp3) is 0.333. The van der Waals surface area contributed by atoms with E-state index in [1.807, 2.05) is 0 Å². The first kappa shape index (κ1) is 22.8. The number of H-pyrrole nitrogens is 1. The molecule has 5 heterocycles. The molecule has 0 radical (unpaired) electrons. The quantitative estimate of drug-likeness (QED) is 0.339. The van der Waals surface area contributed by atoms with Crippen molar-refractivity contribution in [3.05, 3.63) is 40.4 Å². The van der Waals surface area contributed by atoms with E-state index in [1.165, 1.54) is 6.07 Å². The minimum Gasteiger partial charge on any atom is -0.471 e. The number of aliphatic hydroxyl groups is 1. The molecule has 3 aromatic heterocycles. The van der Waals surface area contributed by atoms with Gasteiger partial charge in [-0.2, -0.15) is 15.0 Å². The van der Waals surface area contributed by atoms with Gasteiger partial charge in [-0.1, -0.05) is 16.8 Å². The number of aliphatic hydroxyl groups excluding tert-OH is 1. The lowest BCUT2D eigenvalue weighted by atomic mass is 10.1. The lowest BCUT2D eigenvalue weighted by molar-refractivity contribution is 0.00706. The van der Waals surface area contributed by atoms with Gasteiger partial charge in [0.2, 0.25) is 11.7 Å². The average Bonchev–Trinajstić information content (AvgIpc) is 3.60. The highest BCUT2D eigenvalue weighted by atomic mass is 35.5. The van der Waals surface area contributed by atoms with Crippen molar-refractivity contribution in [1.29, 1.82) is 0 Å². The monoisotopic (exact) mass is 522 g/mol. The number of hydrogen-bond acceptors (Lipinski definition) is 11. The van der Waals surface area contributed by atoms with Gasteiger partial charge in [0.05, 0.1) is 24.3 Å². The molecule has 15 heteroatoms. The van der Waals surface area contributed by atoms with Crippen LogP contribution in [0.1, 0.15) is 5.56 Å². The van der Waals surface area contributed by atoms with E-state index in [0.717, 1.165) is 12.1 Å². The molecule has 1 unspecified atom stereocenters. The van der Waals surface area contributed by atoms with Crippen molar-refractivity contribution in [2.45, 2.75) is 31.0 Å². The SMILES string of the molecule is Nc1nc(-c2cc(F)c(COc3nc4nc(O[C@@H]5CO[C@H]6C5OC[C@H]6O)[nH]c4cc3Cl)c(F)c2)no1. The first-order chi connectivity index (χ1) is 17.4. The van der Waals surface area contributed by atoms with Gasteiger partial charge in [-0.3, -0.25) is 0 Å². The van der Waals surface area contributed by atoms with E-state index >= 15 is 0 Å². The van der Waals surface area contributed by atoms with Crippen LogP contribution in [-0.2, 0) is 16.1 Å². The number of nitrogens with one attached hydrogen (secondary N) is 1. The van der Waals surface area contributed by atoms with Crippen LogP contribution in [0.2, 0.25) is 5.02 Å². The van der Waals surface area contributed by atoms with Crippen molar-refractivity contribution in [1.82, 2.24) is 25.1 Å². The molecule has 0 saturated carbocycles. The smallest absolute Gasteiger partial charge is 0.319 e. The van der Waals surface area contributed by atoms with E-state index in [2.05, 4.69) is 29.6 Å². The Morgan fingerprint density at radius 3 is 2.64 bits per heavy atom. The van der Waals surface area contributed by atoms with Gasteiger partial charge in [-0.05, 0) is 18.2 Å². The second kappa shape index (κ2) is 8.81. The van der Waals surface area contributed by atoms with E-state index in [1.54, 1.807) is 0 Å². The van der Waals surface area contributed by atoms with Gasteiger partial charge >= 0.3 is 6.01 Å². The van der Waals surface area contributed by atoms with Crippen LogP contribution < -0.4 is 15.2 Å². The molecule has 4 aromatic rings. The second-order valence-electron chi connectivity index (χ2n) is 8.17. The summed E-state index contributed by atoms with van der Waals surface area (Å²) >= 11 is 6.26. The number of aromatic nitrogens is 5. The van der Waals surface area contributed by atoms with Crippen LogP contribution in [0, 0.1) is 11.6 Å². The predicted molar refractivity (Wildman–Crippen MR) is 117 cm³/mol. The predicted octanol–water partition coefficient (Wildman–Crippen LogP) is 2.01. The molecule has 2 aliphatic rings. The van der Waals surface area contributed by atoms with Gasteiger partial charge in [0.1, 0.15) is 41.6 Å². The number of rotatable bonds is 6. The summed E-state index contributed by atoms with van der Waals surface area (Å²) in [5.41, 5.74) is 5.70. The number of anilines is 1. The summed E-state index contributed by atoms with van der Waals surface area (Å²) in [6.07, 6.45) is -2.05. The van der Waals surface area contributed by atoms with Gasteiger partial charge in [-0.25, -0.2) is 8.78 Å². The molecular formula is C21H17ClF2N6O6. The Hall–Kier alpha value is -3.59. The van der Waals surface area contributed by atoms with Crippen LogP contribution in [-0.4, -0.2) is 67.8 Å². The highest BCUT2D eigenvalue weighted by Gasteiger charge is 2.48. The number of halogens is 3. The van der Waals surface area contributed by atoms with Gasteiger partial charge in [0.25, 0.3) is 6.01 Å². The fourth-order valence-corrected chi connectivity index (χ4v) is 4.29. The van der Waals surface area contributed by atoms with Gasteiger partial charge < -0.3 is 39.3 Å². The van der Waals surface area contributed by atoms with E-state index < -0.39 is 42.7 Å². The second-order valence-corrected chi connectivity index (χ2v) is 8.58. The van der Waals surface area contributed by atoms with Crippen LogP contribution in [0.5, 0.6) is 11.9 Å². The molecule has 0 spiro atoms. The number of nitrogen functional groups attached to an aromatic ring is 1. The first-order valence-corrected chi connectivity index (χ1v) is 11.1. The highest BCUT2D eigenvalue weighted by Crippen LogP contribution is 2.32. The summed E-state index contributed by atoms with van der Waals surface area (Å²) < 4.78 is 56.3. The van der Waals surface area contributed by atoms with E-state index in [0.29, 0.717) is 5.52 Å². The number of ether oxygens (including phenoxy) is 4. The van der Waals surface area contributed by atoms with E-state index in [4.69, 9.17) is 36.3 Å². The summed E-state index contributed by atoms with van der Waals surface area (Å²) in [7, 11) is 0. The molecule has 0 bridgehead atoms. The third-order valence-corrected chi connectivity index (χ3v) is 6.08. The fourth-order valence-electron chi connectivity index (χ4n) is 4.09. The molecule has 0 aliphatic carbocycles. The first-order valence-electron chi connectivity index (χ1n) is 10.7. The number of benzene rings is 1. The third-order valence-electron chi connectivity index (χ3n) is 5.81. The summed E-state index contributed by atoms with van der Waals surface area (Å²) in [6.45, 7) is -0.106. The molecule has 36 heavy (non-hydrogen) atoms. The maximum atomic E-state index is 14.6. The Morgan fingerprint density at radius 2 is 1.89 bits per heavy atom. The van der Waals surface area contributed by atoms with Crippen LogP contribution >= 0.6 is 11.6 Å². The molecule has 2 fully saturated rings. The maximum Gasteiger partial charge on any atom is 0.319 e. The number of aromatic amines is 1. The topological polar surface area (TPSA) is 164 Å². The molecule has 188 valence electrons. The molecule has 0 amide bonds. The summed E-state index contributed by atoms with van der Waals surface area (Å²) in [6, 6.07) is 3.48. The summed E-state index contributed by atoms with van der Waals surface area (Å²) in [4.78, 5) is 15.2. The van der Waals surface area contributed by atoms with Gasteiger partial charge in [0, 0.05) is 5.56 Å². The zero-order chi connectivity index (χ0) is 25.0. The molecule has 2 aliphatic heterocycles. The molecule has 1 aromatic carbocycles. The maximum absolute atomic E-state index is 14.6.